The first-order valence-electron chi connectivity index (χ1n) is 6.05. The van der Waals surface area contributed by atoms with Crippen LogP contribution in [0, 0.1) is 40.2 Å². The molecule has 0 bridgehead atoms. The lowest BCUT2D eigenvalue weighted by atomic mass is 9.90. The van der Waals surface area contributed by atoms with E-state index in [1.807, 2.05) is 19.9 Å². The Labute approximate surface area is 112 Å². The van der Waals surface area contributed by atoms with Gasteiger partial charge in [-0.05, 0) is 30.9 Å². The van der Waals surface area contributed by atoms with Crippen LogP contribution in [-0.2, 0) is 0 Å². The van der Waals surface area contributed by atoms with Gasteiger partial charge in [0.15, 0.2) is 5.78 Å². The number of nitro benzene ring substituents is 1. The van der Waals surface area contributed by atoms with E-state index in [9.17, 15) is 14.9 Å². The maximum atomic E-state index is 12.2. The van der Waals surface area contributed by atoms with Gasteiger partial charge in [-0.2, -0.15) is 5.26 Å². The number of nitro groups is 1. The highest BCUT2D eigenvalue weighted by Gasteiger charge is 2.22. The maximum Gasteiger partial charge on any atom is 0.270 e. The predicted octanol–water partition coefficient (Wildman–Crippen LogP) is 3.27. The molecule has 5 heteroatoms. The van der Waals surface area contributed by atoms with Crippen molar-refractivity contribution in [1.82, 2.24) is 0 Å². The average molecular weight is 260 g/mol. The number of ketones is 1. The number of non-ortho nitro benzene ring substituents is 1. The molecule has 0 N–H and O–H groups in total. The molecule has 1 aromatic carbocycles. The molecule has 0 amide bonds. The van der Waals surface area contributed by atoms with Crippen LogP contribution < -0.4 is 0 Å². The lowest BCUT2D eigenvalue weighted by Crippen LogP contribution is -2.15. The maximum absolute atomic E-state index is 12.2. The largest absolute Gasteiger partial charge is 0.293 e. The Bertz CT molecular complexity index is 544. The van der Waals surface area contributed by atoms with E-state index in [1.54, 1.807) is 13.0 Å². The molecule has 1 aromatic rings. The van der Waals surface area contributed by atoms with Crippen molar-refractivity contribution in [3.05, 3.63) is 39.4 Å². The Morgan fingerprint density at radius 2 is 2.05 bits per heavy atom. The number of carbonyl (C=O) groups excluding carboxylic acids is 1. The van der Waals surface area contributed by atoms with Gasteiger partial charge in [-0.1, -0.05) is 13.8 Å². The molecule has 0 aromatic heterocycles. The smallest absolute Gasteiger partial charge is 0.270 e. The predicted molar refractivity (Wildman–Crippen MR) is 70.7 cm³/mol. The summed E-state index contributed by atoms with van der Waals surface area (Å²) in [5.74, 6) is -0.877. The number of Topliss-reactive ketones (excluding diaryl/α,β-unsaturated/α-hetero) is 1. The summed E-state index contributed by atoms with van der Waals surface area (Å²) in [6.45, 7) is 5.54. The quantitative estimate of drug-likeness (QED) is 0.462. The van der Waals surface area contributed by atoms with Crippen LogP contribution in [0.4, 0.5) is 5.69 Å². The molecular formula is C14H16N2O3. The van der Waals surface area contributed by atoms with E-state index >= 15 is 0 Å². The Hall–Kier alpha value is -2.22. The topological polar surface area (TPSA) is 84.0 Å². The van der Waals surface area contributed by atoms with Crippen LogP contribution in [0.25, 0.3) is 0 Å². The third-order valence-electron chi connectivity index (χ3n) is 2.74. The third-order valence-corrected chi connectivity index (χ3v) is 2.74. The summed E-state index contributed by atoms with van der Waals surface area (Å²) >= 11 is 0. The van der Waals surface area contributed by atoms with Crippen molar-refractivity contribution < 1.29 is 9.72 Å². The molecule has 19 heavy (non-hydrogen) atoms. The van der Waals surface area contributed by atoms with Crippen LogP contribution in [0.5, 0.6) is 0 Å². The van der Waals surface area contributed by atoms with Crippen molar-refractivity contribution in [1.29, 1.82) is 5.26 Å². The summed E-state index contributed by atoms with van der Waals surface area (Å²) in [7, 11) is 0. The van der Waals surface area contributed by atoms with Crippen LogP contribution >= 0.6 is 0 Å². The van der Waals surface area contributed by atoms with E-state index in [0.29, 0.717) is 12.0 Å². The normalized spacial score (nSPS) is 11.9. The summed E-state index contributed by atoms with van der Waals surface area (Å²) in [5.41, 5.74) is 0.752. The van der Waals surface area contributed by atoms with Gasteiger partial charge in [-0.25, -0.2) is 0 Å². The molecule has 0 spiro atoms. The van der Waals surface area contributed by atoms with E-state index in [1.165, 1.54) is 12.1 Å². The lowest BCUT2D eigenvalue weighted by Gasteiger charge is -2.11. The van der Waals surface area contributed by atoms with Crippen LogP contribution in [0.15, 0.2) is 18.2 Å². The highest BCUT2D eigenvalue weighted by Crippen LogP contribution is 2.22. The number of hydrogen-bond acceptors (Lipinski definition) is 4. The molecule has 0 saturated heterocycles. The first-order chi connectivity index (χ1) is 8.85. The lowest BCUT2D eigenvalue weighted by molar-refractivity contribution is -0.384. The van der Waals surface area contributed by atoms with Crippen molar-refractivity contribution in [2.75, 3.05) is 0 Å². The zero-order valence-electron chi connectivity index (χ0n) is 11.2. The molecule has 0 radical (unpaired) electrons. The minimum Gasteiger partial charge on any atom is -0.293 e. The van der Waals surface area contributed by atoms with Crippen molar-refractivity contribution in [3.63, 3.8) is 0 Å². The molecule has 1 unspecified atom stereocenters. The number of hydrogen-bond donors (Lipinski definition) is 0. The third kappa shape index (κ3) is 3.88. The molecule has 0 aliphatic rings. The number of aryl methyl sites for hydroxylation is 1. The summed E-state index contributed by atoms with van der Waals surface area (Å²) in [4.78, 5) is 22.4. The minimum absolute atomic E-state index is 0.121. The molecule has 0 fully saturated rings. The number of rotatable bonds is 5. The Balaban J connectivity index is 3.12. The fourth-order valence-corrected chi connectivity index (χ4v) is 1.90. The Kier molecular flexibility index (Phi) is 4.76. The van der Waals surface area contributed by atoms with Crippen LogP contribution in [0.2, 0.25) is 0 Å². The van der Waals surface area contributed by atoms with E-state index in [-0.39, 0.29) is 23.0 Å². The summed E-state index contributed by atoms with van der Waals surface area (Å²) in [6.07, 6.45) is 0.455. The fourth-order valence-electron chi connectivity index (χ4n) is 1.90. The van der Waals surface area contributed by atoms with Crippen molar-refractivity contribution in [2.24, 2.45) is 11.8 Å². The van der Waals surface area contributed by atoms with Gasteiger partial charge in [-0.15, -0.1) is 0 Å². The van der Waals surface area contributed by atoms with E-state index in [4.69, 9.17) is 5.26 Å². The monoisotopic (exact) mass is 260 g/mol. The van der Waals surface area contributed by atoms with Gasteiger partial charge < -0.3 is 0 Å². The van der Waals surface area contributed by atoms with E-state index in [2.05, 4.69) is 0 Å². The molecule has 100 valence electrons. The highest BCUT2D eigenvalue weighted by molar-refractivity contribution is 6.00. The SMILES string of the molecule is Cc1cc(C(=O)C(C#N)CC(C)C)cc([N+](=O)[O-])c1. The number of carbonyl (C=O) groups is 1. The first kappa shape index (κ1) is 14.8. The van der Waals surface area contributed by atoms with Gasteiger partial charge in [0.05, 0.1) is 11.0 Å². The summed E-state index contributed by atoms with van der Waals surface area (Å²) < 4.78 is 0. The van der Waals surface area contributed by atoms with Crippen LogP contribution in [0.3, 0.4) is 0 Å². The van der Waals surface area contributed by atoms with Gasteiger partial charge in [-0.3, -0.25) is 14.9 Å². The second kappa shape index (κ2) is 6.10. The van der Waals surface area contributed by atoms with Crippen molar-refractivity contribution in [2.45, 2.75) is 27.2 Å². The average Bonchev–Trinajstić information content (AvgIpc) is 2.34. The zero-order valence-corrected chi connectivity index (χ0v) is 11.2. The van der Waals surface area contributed by atoms with Crippen molar-refractivity contribution in [3.8, 4) is 6.07 Å². The fraction of sp³-hybridized carbons (Fsp3) is 0.429. The molecule has 1 atom stereocenters. The first-order valence-corrected chi connectivity index (χ1v) is 6.05. The van der Waals surface area contributed by atoms with Crippen LogP contribution in [0.1, 0.15) is 36.2 Å². The second-order valence-electron chi connectivity index (χ2n) is 4.99. The molecule has 0 aliphatic heterocycles. The Morgan fingerprint density at radius 1 is 1.42 bits per heavy atom. The second-order valence-corrected chi connectivity index (χ2v) is 4.99. The molecule has 0 saturated carbocycles. The van der Waals surface area contributed by atoms with Gasteiger partial charge in [0.25, 0.3) is 5.69 Å². The standard InChI is InChI=1S/C14H16N2O3/c1-9(2)4-12(8-15)14(17)11-5-10(3)6-13(7-11)16(18)19/h5-7,9,12H,4H2,1-3H3. The Morgan fingerprint density at radius 3 is 2.53 bits per heavy atom. The van der Waals surface area contributed by atoms with Gasteiger partial charge >= 0.3 is 0 Å². The molecule has 0 aliphatic carbocycles. The minimum atomic E-state index is -0.749. The zero-order chi connectivity index (χ0) is 14.6. The van der Waals surface area contributed by atoms with E-state index < -0.39 is 10.8 Å². The summed E-state index contributed by atoms with van der Waals surface area (Å²) in [5, 5.41) is 19.8. The summed E-state index contributed by atoms with van der Waals surface area (Å²) in [6, 6.07) is 6.20. The number of nitriles is 1. The number of nitrogens with zero attached hydrogens (tertiary/aromatic N) is 2. The number of benzene rings is 1. The molecular weight excluding hydrogens is 244 g/mol. The highest BCUT2D eigenvalue weighted by atomic mass is 16.6. The van der Waals surface area contributed by atoms with E-state index in [0.717, 1.165) is 0 Å². The molecule has 1 rings (SSSR count). The van der Waals surface area contributed by atoms with Gasteiger partial charge in [0.2, 0.25) is 0 Å². The molecule has 0 heterocycles. The van der Waals surface area contributed by atoms with Gasteiger partial charge in [0.1, 0.15) is 5.92 Å². The van der Waals surface area contributed by atoms with Gasteiger partial charge in [0, 0.05) is 17.7 Å². The van der Waals surface area contributed by atoms with Crippen molar-refractivity contribution >= 4 is 11.5 Å². The van der Waals surface area contributed by atoms with Crippen LogP contribution in [-0.4, -0.2) is 10.7 Å². The molecule has 5 nitrogen and oxygen atoms in total.